The van der Waals surface area contributed by atoms with Gasteiger partial charge in [-0.1, -0.05) is 22.0 Å². The summed E-state index contributed by atoms with van der Waals surface area (Å²) in [5, 5.41) is 9.27. The van der Waals surface area contributed by atoms with Gasteiger partial charge in [0.25, 0.3) is 0 Å². The topological polar surface area (TPSA) is 29.5 Å². The molecule has 2 unspecified atom stereocenters. The first-order valence-corrected chi connectivity index (χ1v) is 5.58. The molecule has 76 valence electrons. The number of rotatable bonds is 2. The Balaban J connectivity index is 2.14. The van der Waals surface area contributed by atoms with Gasteiger partial charge in [-0.05, 0) is 19.1 Å². The lowest BCUT2D eigenvalue weighted by Gasteiger charge is -2.11. The molecular formula is C11H13BrO2. The molecule has 0 spiro atoms. The second-order valence-electron chi connectivity index (χ2n) is 3.75. The quantitative estimate of drug-likeness (QED) is 0.882. The van der Waals surface area contributed by atoms with Crippen LogP contribution in [0, 0.1) is 0 Å². The predicted octanol–water partition coefficient (Wildman–Crippen LogP) is 2.52. The summed E-state index contributed by atoms with van der Waals surface area (Å²) in [6, 6.07) is 5.96. The highest BCUT2D eigenvalue weighted by atomic mass is 79.9. The second-order valence-corrected chi connectivity index (χ2v) is 4.60. The monoisotopic (exact) mass is 256 g/mol. The van der Waals surface area contributed by atoms with Crippen LogP contribution in [0.3, 0.4) is 0 Å². The highest BCUT2D eigenvalue weighted by Crippen LogP contribution is 2.35. The Labute approximate surface area is 92.0 Å². The highest BCUT2D eigenvalue weighted by molar-refractivity contribution is 9.10. The van der Waals surface area contributed by atoms with E-state index in [1.807, 2.05) is 18.2 Å². The number of aliphatic hydroxyl groups excluding tert-OH is 1. The minimum Gasteiger partial charge on any atom is -0.490 e. The van der Waals surface area contributed by atoms with Gasteiger partial charge in [0.1, 0.15) is 11.9 Å². The van der Waals surface area contributed by atoms with Gasteiger partial charge in [0.2, 0.25) is 0 Å². The molecule has 1 aliphatic rings. The summed E-state index contributed by atoms with van der Waals surface area (Å²) in [5.74, 6) is 0.949. The van der Waals surface area contributed by atoms with E-state index in [1.54, 1.807) is 6.92 Å². The van der Waals surface area contributed by atoms with Gasteiger partial charge in [0, 0.05) is 22.9 Å². The SMILES string of the molecule is CC(O)CC1Cc2c(Br)cccc2O1. The number of ether oxygens (including phenoxy) is 1. The van der Waals surface area contributed by atoms with Crippen LogP contribution in [0.5, 0.6) is 5.75 Å². The Hall–Kier alpha value is -0.540. The molecule has 1 aromatic rings. The van der Waals surface area contributed by atoms with Crippen LogP contribution in [0.1, 0.15) is 18.9 Å². The summed E-state index contributed by atoms with van der Waals surface area (Å²) < 4.78 is 6.81. The Bertz CT molecular complexity index is 336. The Morgan fingerprint density at radius 3 is 3.07 bits per heavy atom. The van der Waals surface area contributed by atoms with Crippen molar-refractivity contribution in [2.45, 2.75) is 32.0 Å². The smallest absolute Gasteiger partial charge is 0.124 e. The lowest BCUT2D eigenvalue weighted by molar-refractivity contribution is 0.118. The number of aliphatic hydroxyl groups is 1. The molecule has 0 amide bonds. The van der Waals surface area contributed by atoms with E-state index in [0.29, 0.717) is 6.42 Å². The van der Waals surface area contributed by atoms with Gasteiger partial charge in [-0.3, -0.25) is 0 Å². The molecule has 0 aromatic heterocycles. The molecule has 0 radical (unpaired) electrons. The third-order valence-corrected chi connectivity index (χ3v) is 3.15. The summed E-state index contributed by atoms with van der Waals surface area (Å²) in [5.41, 5.74) is 1.22. The third-order valence-electron chi connectivity index (χ3n) is 2.41. The molecule has 0 bridgehead atoms. The van der Waals surface area contributed by atoms with E-state index in [-0.39, 0.29) is 12.2 Å². The average Bonchev–Trinajstić information content (AvgIpc) is 2.47. The molecule has 0 aliphatic carbocycles. The van der Waals surface area contributed by atoms with Crippen molar-refractivity contribution in [3.05, 3.63) is 28.2 Å². The molecule has 2 atom stereocenters. The minimum absolute atomic E-state index is 0.128. The molecule has 3 heteroatoms. The maximum absolute atomic E-state index is 9.27. The van der Waals surface area contributed by atoms with Gasteiger partial charge in [-0.15, -0.1) is 0 Å². The van der Waals surface area contributed by atoms with Crippen molar-refractivity contribution in [1.82, 2.24) is 0 Å². The van der Waals surface area contributed by atoms with Crippen molar-refractivity contribution in [3.8, 4) is 5.75 Å². The van der Waals surface area contributed by atoms with Crippen LogP contribution >= 0.6 is 15.9 Å². The van der Waals surface area contributed by atoms with Crippen LogP contribution in [-0.4, -0.2) is 17.3 Å². The maximum atomic E-state index is 9.27. The van der Waals surface area contributed by atoms with E-state index in [0.717, 1.165) is 16.6 Å². The average molecular weight is 257 g/mol. The van der Waals surface area contributed by atoms with E-state index in [1.165, 1.54) is 5.56 Å². The van der Waals surface area contributed by atoms with Crippen molar-refractivity contribution >= 4 is 15.9 Å². The first kappa shape index (κ1) is 9.99. The van der Waals surface area contributed by atoms with E-state index in [9.17, 15) is 5.11 Å². The fraction of sp³-hybridized carbons (Fsp3) is 0.455. The molecule has 1 aliphatic heterocycles. The van der Waals surface area contributed by atoms with Crippen LogP contribution in [0.4, 0.5) is 0 Å². The van der Waals surface area contributed by atoms with E-state index in [2.05, 4.69) is 15.9 Å². The van der Waals surface area contributed by atoms with Crippen LogP contribution in [-0.2, 0) is 6.42 Å². The fourth-order valence-corrected chi connectivity index (χ4v) is 2.32. The standard InChI is InChI=1S/C11H13BrO2/c1-7(13)5-8-6-9-10(12)3-2-4-11(9)14-8/h2-4,7-8,13H,5-6H2,1H3. The van der Waals surface area contributed by atoms with Gasteiger partial charge in [-0.2, -0.15) is 0 Å². The Morgan fingerprint density at radius 2 is 2.43 bits per heavy atom. The predicted molar refractivity (Wildman–Crippen MR) is 58.6 cm³/mol. The van der Waals surface area contributed by atoms with Crippen molar-refractivity contribution in [1.29, 1.82) is 0 Å². The lowest BCUT2D eigenvalue weighted by atomic mass is 10.1. The maximum Gasteiger partial charge on any atom is 0.124 e. The first-order valence-electron chi connectivity index (χ1n) is 4.79. The first-order chi connectivity index (χ1) is 6.66. The molecule has 0 saturated heterocycles. The van der Waals surface area contributed by atoms with E-state index in [4.69, 9.17) is 4.74 Å². The Kier molecular flexibility index (Phi) is 2.79. The van der Waals surface area contributed by atoms with Crippen LogP contribution in [0.2, 0.25) is 0 Å². The third kappa shape index (κ3) is 1.93. The molecule has 1 N–H and O–H groups in total. The molecule has 0 fully saturated rings. The molecule has 1 aromatic carbocycles. The van der Waals surface area contributed by atoms with Crippen molar-refractivity contribution in [2.24, 2.45) is 0 Å². The lowest BCUT2D eigenvalue weighted by Crippen LogP contribution is -2.19. The van der Waals surface area contributed by atoms with Gasteiger partial charge in [-0.25, -0.2) is 0 Å². The molecular weight excluding hydrogens is 244 g/mol. The molecule has 1 heterocycles. The fourth-order valence-electron chi connectivity index (χ4n) is 1.81. The normalized spacial score (nSPS) is 21.5. The zero-order valence-corrected chi connectivity index (χ0v) is 9.62. The van der Waals surface area contributed by atoms with Crippen LogP contribution in [0.15, 0.2) is 22.7 Å². The number of fused-ring (bicyclic) bond motifs is 1. The molecule has 0 saturated carbocycles. The van der Waals surface area contributed by atoms with Gasteiger partial charge >= 0.3 is 0 Å². The van der Waals surface area contributed by atoms with Gasteiger partial charge in [0.15, 0.2) is 0 Å². The van der Waals surface area contributed by atoms with Crippen LogP contribution in [0.25, 0.3) is 0 Å². The zero-order valence-electron chi connectivity index (χ0n) is 8.03. The summed E-state index contributed by atoms with van der Waals surface area (Å²) in [7, 11) is 0. The zero-order chi connectivity index (χ0) is 10.1. The van der Waals surface area contributed by atoms with Crippen molar-refractivity contribution in [2.75, 3.05) is 0 Å². The molecule has 2 rings (SSSR count). The molecule has 14 heavy (non-hydrogen) atoms. The summed E-state index contributed by atoms with van der Waals surface area (Å²) >= 11 is 3.50. The van der Waals surface area contributed by atoms with E-state index < -0.39 is 0 Å². The summed E-state index contributed by atoms with van der Waals surface area (Å²) in [6.07, 6.45) is 1.42. The van der Waals surface area contributed by atoms with Crippen LogP contribution < -0.4 is 4.74 Å². The van der Waals surface area contributed by atoms with E-state index >= 15 is 0 Å². The second kappa shape index (κ2) is 3.91. The largest absolute Gasteiger partial charge is 0.490 e. The number of benzene rings is 1. The summed E-state index contributed by atoms with van der Waals surface area (Å²) in [6.45, 7) is 1.79. The highest BCUT2D eigenvalue weighted by Gasteiger charge is 2.25. The minimum atomic E-state index is -0.298. The van der Waals surface area contributed by atoms with Crippen molar-refractivity contribution in [3.63, 3.8) is 0 Å². The Morgan fingerprint density at radius 1 is 1.64 bits per heavy atom. The van der Waals surface area contributed by atoms with Gasteiger partial charge in [0.05, 0.1) is 6.10 Å². The van der Waals surface area contributed by atoms with Gasteiger partial charge < -0.3 is 9.84 Å². The number of hydrogen-bond acceptors (Lipinski definition) is 2. The number of hydrogen-bond donors (Lipinski definition) is 1. The number of halogens is 1. The molecule has 2 nitrogen and oxygen atoms in total. The summed E-state index contributed by atoms with van der Waals surface area (Å²) in [4.78, 5) is 0. The van der Waals surface area contributed by atoms with Crippen molar-refractivity contribution < 1.29 is 9.84 Å².